The Hall–Kier alpha value is 0.250. The van der Waals surface area contributed by atoms with Crippen LogP contribution in [0.2, 0.25) is 0 Å². The van der Waals surface area contributed by atoms with Crippen molar-refractivity contribution in [2.45, 2.75) is 106 Å². The van der Waals surface area contributed by atoms with Gasteiger partial charge < -0.3 is 4.74 Å². The topological polar surface area (TPSA) is 12.5 Å². The van der Waals surface area contributed by atoms with Gasteiger partial charge in [-0.05, 0) is 42.4 Å². The zero-order valence-electron chi connectivity index (χ0n) is 17.0. The number of alkyl halides is 1. The molecule has 0 aromatic rings. The molecule has 1 aliphatic heterocycles. The number of ether oxygens (including phenoxy) is 1. The molecule has 0 bridgehead atoms. The van der Waals surface area contributed by atoms with Crippen molar-refractivity contribution < 1.29 is 4.74 Å². The highest BCUT2D eigenvalue weighted by Crippen LogP contribution is 2.53. The van der Waals surface area contributed by atoms with Gasteiger partial charge in [0.2, 0.25) is 0 Å². The zero-order valence-corrected chi connectivity index (χ0v) is 17.7. The molecule has 0 N–H and O–H groups in total. The fraction of sp³-hybridized carbons (Fsp3) is 1.00. The molecule has 0 spiro atoms. The van der Waals surface area contributed by atoms with Crippen LogP contribution in [-0.4, -0.2) is 17.6 Å². The molecule has 0 aliphatic carbocycles. The van der Waals surface area contributed by atoms with E-state index in [1.807, 2.05) is 0 Å². The first-order valence-electron chi connectivity index (χ1n) is 9.70. The molecular weight excluding hydrogens is 304 g/mol. The third kappa shape index (κ3) is 5.63. The Morgan fingerprint density at radius 2 is 1.57 bits per heavy atom. The van der Waals surface area contributed by atoms with Crippen LogP contribution in [0.4, 0.5) is 0 Å². The summed E-state index contributed by atoms with van der Waals surface area (Å²) in [5.41, 5.74) is 0.663. The summed E-state index contributed by atoms with van der Waals surface area (Å²) in [4.78, 5) is 0. The van der Waals surface area contributed by atoms with Gasteiger partial charge in [-0.1, -0.05) is 74.1 Å². The van der Waals surface area contributed by atoms with E-state index in [0.29, 0.717) is 11.3 Å². The molecule has 138 valence electrons. The van der Waals surface area contributed by atoms with E-state index in [1.54, 1.807) is 0 Å². The minimum Gasteiger partial charge on any atom is -0.364 e. The van der Waals surface area contributed by atoms with Gasteiger partial charge in [-0.15, -0.1) is 11.6 Å². The van der Waals surface area contributed by atoms with E-state index < -0.39 is 0 Å². The van der Waals surface area contributed by atoms with E-state index in [4.69, 9.17) is 16.3 Å². The van der Waals surface area contributed by atoms with Crippen LogP contribution in [0.15, 0.2) is 0 Å². The lowest BCUT2D eigenvalue weighted by atomic mass is 9.70. The van der Waals surface area contributed by atoms with Crippen LogP contribution in [0.25, 0.3) is 0 Å². The lowest BCUT2D eigenvalue weighted by Gasteiger charge is -2.34. The minimum absolute atomic E-state index is 0.00916. The molecule has 1 nitrogen and oxygen atoms in total. The molecule has 1 fully saturated rings. The maximum Gasteiger partial charge on any atom is 0.101 e. The molecule has 0 aromatic carbocycles. The number of hydrogen-bond acceptors (Lipinski definition) is 1. The molecule has 0 amide bonds. The third-order valence-electron chi connectivity index (χ3n) is 6.80. The number of halogens is 1. The Morgan fingerprint density at radius 3 is 2.04 bits per heavy atom. The maximum atomic E-state index is 5.98. The van der Waals surface area contributed by atoms with Gasteiger partial charge in [0, 0.05) is 0 Å². The minimum atomic E-state index is -0.00916. The van der Waals surface area contributed by atoms with Gasteiger partial charge >= 0.3 is 0 Å². The van der Waals surface area contributed by atoms with Crippen molar-refractivity contribution in [3.63, 3.8) is 0 Å². The molecule has 0 aromatic heterocycles. The summed E-state index contributed by atoms with van der Waals surface area (Å²) in [5.74, 6) is 2.23. The van der Waals surface area contributed by atoms with Crippen molar-refractivity contribution in [1.29, 1.82) is 0 Å². The zero-order chi connectivity index (χ0) is 17.9. The van der Waals surface area contributed by atoms with Crippen LogP contribution in [0, 0.1) is 22.7 Å². The van der Waals surface area contributed by atoms with Crippen molar-refractivity contribution in [3.05, 3.63) is 0 Å². The summed E-state index contributed by atoms with van der Waals surface area (Å²) < 4.78 is 5.89. The maximum absolute atomic E-state index is 5.98. The number of rotatable bonds is 11. The van der Waals surface area contributed by atoms with Gasteiger partial charge in [-0.2, -0.15) is 0 Å². The Kier molecular flexibility index (Phi) is 7.49. The number of epoxide rings is 1. The van der Waals surface area contributed by atoms with E-state index in [9.17, 15) is 0 Å². The predicted molar refractivity (Wildman–Crippen MR) is 103 cm³/mol. The molecular formula is C21H41ClO. The van der Waals surface area contributed by atoms with E-state index >= 15 is 0 Å². The predicted octanol–water partition coefficient (Wildman–Crippen LogP) is 7.07. The lowest BCUT2D eigenvalue weighted by molar-refractivity contribution is 0.127. The van der Waals surface area contributed by atoms with Crippen molar-refractivity contribution >= 4 is 11.6 Å². The molecule has 1 saturated heterocycles. The first-order chi connectivity index (χ1) is 10.5. The molecule has 0 saturated carbocycles. The summed E-state index contributed by atoms with van der Waals surface area (Å²) in [7, 11) is 0. The van der Waals surface area contributed by atoms with E-state index in [2.05, 4.69) is 55.4 Å². The second-order valence-corrected chi connectivity index (χ2v) is 10.1. The normalized spacial score (nSPS) is 26.6. The lowest BCUT2D eigenvalue weighted by Crippen LogP contribution is -2.33. The largest absolute Gasteiger partial charge is 0.364 e. The second-order valence-electron chi connectivity index (χ2n) is 9.82. The Labute approximate surface area is 150 Å². The summed E-state index contributed by atoms with van der Waals surface area (Å²) in [5, 5.41) is 0. The first-order valence-corrected chi connectivity index (χ1v) is 10.2. The quantitative estimate of drug-likeness (QED) is 0.288. The molecule has 3 atom stereocenters. The smallest absolute Gasteiger partial charge is 0.101 e. The average Bonchev–Trinajstić information content (AvgIpc) is 3.11. The molecule has 2 unspecified atom stereocenters. The van der Waals surface area contributed by atoms with Crippen molar-refractivity contribution in [2.75, 3.05) is 5.88 Å². The summed E-state index contributed by atoms with van der Waals surface area (Å²) in [6, 6.07) is 0. The van der Waals surface area contributed by atoms with E-state index in [-0.39, 0.29) is 17.1 Å². The monoisotopic (exact) mass is 344 g/mol. The second kappa shape index (κ2) is 8.09. The number of hydrogen-bond donors (Lipinski definition) is 0. The molecule has 0 radical (unpaired) electrons. The fourth-order valence-corrected chi connectivity index (χ4v) is 4.09. The van der Waals surface area contributed by atoms with E-state index in [1.165, 1.54) is 38.5 Å². The van der Waals surface area contributed by atoms with Crippen molar-refractivity contribution in [2.24, 2.45) is 22.7 Å². The molecule has 1 heterocycles. The Bertz CT molecular complexity index is 361. The molecule has 1 rings (SSSR count). The standard InChI is InChI=1S/C21H41ClO/c1-16(2)11-9-13-19(4,5)17(3)12-10-14-20(6,7)21(8)18(15-22)23-21/h16-18H,9-15H2,1-8H3/t17?,18?,21-/m0/s1. The molecule has 2 heteroatoms. The third-order valence-corrected chi connectivity index (χ3v) is 7.08. The molecule has 1 aliphatic rings. The van der Waals surface area contributed by atoms with Crippen LogP contribution in [0.3, 0.4) is 0 Å². The summed E-state index contributed by atoms with van der Waals surface area (Å²) in [6.45, 7) is 18.9. The highest BCUT2D eigenvalue weighted by molar-refractivity contribution is 6.18. The van der Waals surface area contributed by atoms with Gasteiger partial charge in [-0.25, -0.2) is 0 Å². The van der Waals surface area contributed by atoms with Crippen LogP contribution >= 0.6 is 11.6 Å². The van der Waals surface area contributed by atoms with E-state index in [0.717, 1.165) is 11.8 Å². The van der Waals surface area contributed by atoms with Crippen LogP contribution in [0.1, 0.15) is 93.9 Å². The van der Waals surface area contributed by atoms with Gasteiger partial charge in [0.1, 0.15) is 6.10 Å². The SMILES string of the molecule is CC(C)CCCC(C)(C)C(C)CCCC(C)(C)[C@@]1(C)OC1CCl. The highest BCUT2D eigenvalue weighted by atomic mass is 35.5. The summed E-state index contributed by atoms with van der Waals surface area (Å²) >= 11 is 5.98. The van der Waals surface area contributed by atoms with Gasteiger partial charge in [-0.3, -0.25) is 0 Å². The Morgan fingerprint density at radius 1 is 1.00 bits per heavy atom. The Balaban J connectivity index is 2.36. The molecule has 23 heavy (non-hydrogen) atoms. The van der Waals surface area contributed by atoms with Crippen molar-refractivity contribution in [3.8, 4) is 0 Å². The first kappa shape index (κ1) is 21.3. The van der Waals surface area contributed by atoms with Crippen LogP contribution < -0.4 is 0 Å². The van der Waals surface area contributed by atoms with Gasteiger partial charge in [0.25, 0.3) is 0 Å². The average molecular weight is 345 g/mol. The van der Waals surface area contributed by atoms with Crippen LogP contribution in [-0.2, 0) is 4.74 Å². The van der Waals surface area contributed by atoms with Crippen LogP contribution in [0.5, 0.6) is 0 Å². The van der Waals surface area contributed by atoms with Gasteiger partial charge in [0.05, 0.1) is 11.5 Å². The van der Waals surface area contributed by atoms with Gasteiger partial charge in [0.15, 0.2) is 0 Å². The van der Waals surface area contributed by atoms with Crippen molar-refractivity contribution in [1.82, 2.24) is 0 Å². The highest BCUT2D eigenvalue weighted by Gasteiger charge is 2.60. The summed E-state index contributed by atoms with van der Waals surface area (Å²) in [6.07, 6.45) is 8.16. The fourth-order valence-electron chi connectivity index (χ4n) is 3.74.